The third kappa shape index (κ3) is 3.89. The van der Waals surface area contributed by atoms with Crippen molar-refractivity contribution in [3.63, 3.8) is 0 Å². The van der Waals surface area contributed by atoms with Crippen LogP contribution in [-0.4, -0.2) is 0 Å². The van der Waals surface area contributed by atoms with Gasteiger partial charge in [0.2, 0.25) is 0 Å². The Morgan fingerprint density at radius 2 is 0.950 bits per heavy atom. The van der Waals surface area contributed by atoms with Gasteiger partial charge in [0.1, 0.15) is 5.82 Å². The molecule has 3 heteroatoms. The van der Waals surface area contributed by atoms with Crippen LogP contribution < -0.4 is 4.90 Å². The molecule has 1 nitrogen and oxygen atoms in total. The number of benzene rings is 6. The zero-order chi connectivity index (χ0) is 27.1. The van der Waals surface area contributed by atoms with E-state index in [1.165, 1.54) is 45.5 Å². The number of halogens is 2. The van der Waals surface area contributed by atoms with Crippen molar-refractivity contribution in [3.05, 3.63) is 184 Å². The molecule has 1 aliphatic carbocycles. The number of fused-ring (bicyclic) bond motifs is 3. The number of hydrogen-bond donors (Lipinski definition) is 0. The fourth-order valence-electron chi connectivity index (χ4n) is 6.20. The topological polar surface area (TPSA) is 3.24 Å². The number of rotatable bonds is 5. The van der Waals surface area contributed by atoms with Crippen LogP contribution in [0, 0.1) is 5.82 Å². The Morgan fingerprint density at radius 1 is 0.475 bits per heavy atom. The average molecular weight is 583 g/mol. The van der Waals surface area contributed by atoms with Crippen molar-refractivity contribution in [1.82, 2.24) is 0 Å². The lowest BCUT2D eigenvalue weighted by molar-refractivity contribution is 0.628. The molecule has 0 atom stereocenters. The van der Waals surface area contributed by atoms with Crippen LogP contribution in [0.4, 0.5) is 21.5 Å². The van der Waals surface area contributed by atoms with E-state index in [1.807, 2.05) is 30.3 Å². The van der Waals surface area contributed by atoms with Gasteiger partial charge in [0.05, 0.1) is 5.41 Å². The van der Waals surface area contributed by atoms with Gasteiger partial charge in [0.25, 0.3) is 0 Å². The highest BCUT2D eigenvalue weighted by molar-refractivity contribution is 9.10. The minimum absolute atomic E-state index is 0.251. The first kappa shape index (κ1) is 24.6. The molecule has 0 bridgehead atoms. The lowest BCUT2D eigenvalue weighted by Gasteiger charge is -2.35. The van der Waals surface area contributed by atoms with Gasteiger partial charge in [0.15, 0.2) is 0 Å². The molecule has 0 N–H and O–H groups in total. The van der Waals surface area contributed by atoms with Crippen molar-refractivity contribution in [2.75, 3.05) is 4.90 Å². The van der Waals surface area contributed by atoms with Crippen molar-refractivity contribution >= 4 is 33.0 Å². The van der Waals surface area contributed by atoms with Gasteiger partial charge in [-0.05, 0) is 94.0 Å². The first-order valence-corrected chi connectivity index (χ1v) is 14.1. The molecule has 0 saturated heterocycles. The van der Waals surface area contributed by atoms with Crippen molar-refractivity contribution in [1.29, 1.82) is 0 Å². The maximum Gasteiger partial charge on any atom is 0.123 e. The largest absolute Gasteiger partial charge is 0.310 e. The second-order valence-electron chi connectivity index (χ2n) is 10.0. The maximum absolute atomic E-state index is 14.0. The molecule has 7 rings (SSSR count). The molecule has 6 aromatic rings. The van der Waals surface area contributed by atoms with Gasteiger partial charge in [-0.2, -0.15) is 0 Å². The van der Waals surface area contributed by atoms with Crippen molar-refractivity contribution < 1.29 is 4.39 Å². The summed E-state index contributed by atoms with van der Waals surface area (Å²) < 4.78 is 15.0. The minimum Gasteiger partial charge on any atom is -0.310 e. The van der Waals surface area contributed by atoms with Gasteiger partial charge in [-0.25, -0.2) is 4.39 Å². The van der Waals surface area contributed by atoms with Crippen molar-refractivity contribution in [2.45, 2.75) is 5.41 Å². The predicted molar refractivity (Wildman–Crippen MR) is 166 cm³/mol. The normalized spacial score (nSPS) is 12.9. The van der Waals surface area contributed by atoms with Gasteiger partial charge in [-0.3, -0.25) is 0 Å². The van der Waals surface area contributed by atoms with Gasteiger partial charge < -0.3 is 4.90 Å². The first-order valence-electron chi connectivity index (χ1n) is 13.3. The van der Waals surface area contributed by atoms with Gasteiger partial charge in [-0.15, -0.1) is 0 Å². The van der Waals surface area contributed by atoms with E-state index >= 15 is 0 Å². The van der Waals surface area contributed by atoms with Crippen LogP contribution in [0.3, 0.4) is 0 Å². The van der Waals surface area contributed by atoms with Gasteiger partial charge >= 0.3 is 0 Å². The molecule has 40 heavy (non-hydrogen) atoms. The Labute approximate surface area is 242 Å². The zero-order valence-electron chi connectivity index (χ0n) is 21.6. The predicted octanol–water partition coefficient (Wildman–Crippen LogP) is 10.4. The van der Waals surface area contributed by atoms with Crippen LogP contribution in [0.2, 0.25) is 0 Å². The summed E-state index contributed by atoms with van der Waals surface area (Å²) >= 11 is 3.77. The van der Waals surface area contributed by atoms with E-state index in [-0.39, 0.29) is 5.82 Å². The highest BCUT2D eigenvalue weighted by Gasteiger charge is 2.46. The minimum atomic E-state index is -0.516. The monoisotopic (exact) mass is 581 g/mol. The van der Waals surface area contributed by atoms with Crippen LogP contribution in [0.5, 0.6) is 0 Å². The Hall–Kier alpha value is -4.47. The highest BCUT2D eigenvalue weighted by Crippen LogP contribution is 2.57. The standard InChI is InChI=1S/C37H25BrFN/c38-28-16-22-33-34-23-21-32(40(30-14-8-3-9-15-30)31-19-17-29(39)18-20-31)25-36(34)37(35(33)24-28,26-10-4-1-5-11-26)27-12-6-2-7-13-27/h1-25H. The van der Waals surface area contributed by atoms with Gasteiger partial charge in [-0.1, -0.05) is 107 Å². The Morgan fingerprint density at radius 3 is 1.55 bits per heavy atom. The van der Waals surface area contributed by atoms with E-state index in [0.717, 1.165) is 21.5 Å². The smallest absolute Gasteiger partial charge is 0.123 e. The molecule has 6 aromatic carbocycles. The van der Waals surface area contributed by atoms with E-state index in [2.05, 4.69) is 130 Å². The first-order chi connectivity index (χ1) is 19.7. The van der Waals surface area contributed by atoms with Crippen LogP contribution in [0.25, 0.3) is 11.1 Å². The Balaban J connectivity index is 1.55. The molecular weight excluding hydrogens is 557 g/mol. The second kappa shape index (κ2) is 9.93. The molecule has 192 valence electrons. The summed E-state index contributed by atoms with van der Waals surface area (Å²) in [5.41, 5.74) is 9.74. The van der Waals surface area contributed by atoms with E-state index in [0.29, 0.717) is 0 Å². The van der Waals surface area contributed by atoms with E-state index in [4.69, 9.17) is 0 Å². The Kier molecular flexibility index (Phi) is 6.10. The fraction of sp³-hybridized carbons (Fsp3) is 0.0270. The summed E-state index contributed by atoms with van der Waals surface area (Å²) in [5, 5.41) is 0. The van der Waals surface area contributed by atoms with E-state index in [9.17, 15) is 4.39 Å². The van der Waals surface area contributed by atoms with Crippen LogP contribution in [0.1, 0.15) is 22.3 Å². The lowest BCUT2D eigenvalue weighted by Crippen LogP contribution is -2.28. The SMILES string of the molecule is Fc1ccc(N(c2ccccc2)c2ccc3c(c2)C(c2ccccc2)(c2ccccc2)c2cc(Br)ccc2-3)cc1. The molecule has 0 fully saturated rings. The number of anilines is 3. The number of hydrogen-bond acceptors (Lipinski definition) is 1. The van der Waals surface area contributed by atoms with Gasteiger partial charge in [0, 0.05) is 21.5 Å². The number of nitrogens with zero attached hydrogens (tertiary/aromatic N) is 1. The summed E-state index contributed by atoms with van der Waals surface area (Å²) in [6.45, 7) is 0. The molecule has 0 amide bonds. The fourth-order valence-corrected chi connectivity index (χ4v) is 6.56. The number of para-hydroxylation sites is 1. The molecular formula is C37H25BrFN. The molecule has 0 aromatic heterocycles. The third-order valence-electron chi connectivity index (χ3n) is 7.85. The van der Waals surface area contributed by atoms with E-state index < -0.39 is 5.41 Å². The summed E-state index contributed by atoms with van der Waals surface area (Å²) in [5.74, 6) is -0.251. The molecule has 1 aliphatic rings. The molecule has 0 radical (unpaired) electrons. The van der Waals surface area contributed by atoms with Crippen molar-refractivity contribution in [3.8, 4) is 11.1 Å². The Bertz CT molecular complexity index is 1760. The van der Waals surface area contributed by atoms with E-state index in [1.54, 1.807) is 0 Å². The highest BCUT2D eigenvalue weighted by atomic mass is 79.9. The van der Waals surface area contributed by atoms with Crippen LogP contribution >= 0.6 is 15.9 Å². The molecule has 0 unspecified atom stereocenters. The zero-order valence-corrected chi connectivity index (χ0v) is 23.2. The van der Waals surface area contributed by atoms with Crippen molar-refractivity contribution in [2.24, 2.45) is 0 Å². The molecule has 0 aliphatic heterocycles. The lowest BCUT2D eigenvalue weighted by atomic mass is 9.67. The summed E-state index contributed by atoms with van der Waals surface area (Å²) in [6.07, 6.45) is 0. The molecule has 0 heterocycles. The molecule has 0 saturated carbocycles. The van der Waals surface area contributed by atoms with Crippen LogP contribution in [0.15, 0.2) is 156 Å². The summed E-state index contributed by atoms with van der Waals surface area (Å²) in [6, 6.07) is 51.9. The molecule has 0 spiro atoms. The second-order valence-corrected chi connectivity index (χ2v) is 11.0. The third-order valence-corrected chi connectivity index (χ3v) is 8.35. The average Bonchev–Trinajstić information content (AvgIpc) is 3.29. The summed E-state index contributed by atoms with van der Waals surface area (Å²) in [7, 11) is 0. The van der Waals surface area contributed by atoms with Crippen LogP contribution in [-0.2, 0) is 5.41 Å². The quantitative estimate of drug-likeness (QED) is 0.195. The summed E-state index contributed by atoms with van der Waals surface area (Å²) in [4.78, 5) is 2.19. The maximum atomic E-state index is 14.0.